The third kappa shape index (κ3) is 7.19. The normalized spacial score (nSPS) is 11.5. The first kappa shape index (κ1) is 17.9. The standard InChI is InChI=1S/C14H23NO2.C2H6/c1-12-11-13(6-7-14(12)17-3)5-4-8-15(2)9-10-16;1-2/h6-7,11,16H,4-5,8-10H2,1-3H3;1-2H3/p+1. The summed E-state index contributed by atoms with van der Waals surface area (Å²) >= 11 is 0. The van der Waals surface area contributed by atoms with Gasteiger partial charge in [0, 0.05) is 6.42 Å². The van der Waals surface area contributed by atoms with Crippen LogP contribution in [0.15, 0.2) is 18.2 Å². The molecule has 0 amide bonds. The van der Waals surface area contributed by atoms with E-state index >= 15 is 0 Å². The number of hydrogen-bond donors (Lipinski definition) is 2. The quantitative estimate of drug-likeness (QED) is 0.785. The van der Waals surface area contributed by atoms with Crippen molar-refractivity contribution in [3.8, 4) is 5.75 Å². The number of nitrogens with one attached hydrogen (secondary N) is 1. The molecule has 0 spiro atoms. The molecule has 0 fully saturated rings. The summed E-state index contributed by atoms with van der Waals surface area (Å²) < 4.78 is 5.24. The van der Waals surface area contributed by atoms with Crippen LogP contribution in [0.25, 0.3) is 0 Å². The molecule has 0 saturated carbocycles. The Bertz CT molecular complexity index is 340. The number of rotatable bonds is 7. The highest BCUT2D eigenvalue weighted by Gasteiger charge is 2.03. The number of benzene rings is 1. The predicted molar refractivity (Wildman–Crippen MR) is 81.1 cm³/mol. The molecule has 1 aromatic carbocycles. The number of hydrogen-bond acceptors (Lipinski definition) is 2. The fourth-order valence-corrected chi connectivity index (χ4v) is 2.01. The number of likely N-dealkylation sites (N-methyl/N-ethyl adjacent to an activating group) is 1. The SMILES string of the molecule is CC.COc1ccc(CCC[NH+](C)CCO)cc1C. The van der Waals surface area contributed by atoms with Crippen LogP contribution in [0, 0.1) is 6.92 Å². The lowest BCUT2D eigenvalue weighted by atomic mass is 10.1. The van der Waals surface area contributed by atoms with Crippen LogP contribution < -0.4 is 9.64 Å². The Hall–Kier alpha value is -1.06. The first-order chi connectivity index (χ1) is 9.17. The second kappa shape index (κ2) is 10.8. The lowest BCUT2D eigenvalue weighted by Gasteiger charge is -2.12. The van der Waals surface area contributed by atoms with Crippen molar-refractivity contribution in [2.45, 2.75) is 33.6 Å². The third-order valence-corrected chi connectivity index (χ3v) is 3.07. The Morgan fingerprint density at radius 1 is 1.21 bits per heavy atom. The summed E-state index contributed by atoms with van der Waals surface area (Å²) in [5, 5.41) is 8.81. The second-order valence-corrected chi connectivity index (χ2v) is 4.59. The van der Waals surface area contributed by atoms with Crippen molar-refractivity contribution in [2.75, 3.05) is 33.9 Å². The highest BCUT2D eigenvalue weighted by Crippen LogP contribution is 2.18. The molecule has 0 aliphatic carbocycles. The Morgan fingerprint density at radius 3 is 2.42 bits per heavy atom. The molecule has 110 valence electrons. The topological polar surface area (TPSA) is 33.9 Å². The molecule has 1 unspecified atom stereocenters. The van der Waals surface area contributed by atoms with E-state index in [2.05, 4.69) is 26.1 Å². The second-order valence-electron chi connectivity index (χ2n) is 4.59. The lowest BCUT2D eigenvalue weighted by molar-refractivity contribution is -0.880. The van der Waals surface area contributed by atoms with E-state index in [1.807, 2.05) is 19.9 Å². The van der Waals surface area contributed by atoms with Gasteiger partial charge < -0.3 is 14.7 Å². The molecule has 0 aliphatic rings. The van der Waals surface area contributed by atoms with E-state index in [4.69, 9.17) is 9.84 Å². The molecule has 19 heavy (non-hydrogen) atoms. The largest absolute Gasteiger partial charge is 0.496 e. The minimum Gasteiger partial charge on any atom is -0.496 e. The van der Waals surface area contributed by atoms with Gasteiger partial charge in [-0.2, -0.15) is 0 Å². The molecule has 2 N–H and O–H groups in total. The van der Waals surface area contributed by atoms with Crippen LogP contribution in [-0.4, -0.2) is 39.0 Å². The molecule has 0 aromatic heterocycles. The first-order valence-corrected chi connectivity index (χ1v) is 7.23. The number of aliphatic hydroxyl groups is 1. The molecule has 0 radical (unpaired) electrons. The van der Waals surface area contributed by atoms with E-state index in [-0.39, 0.29) is 6.61 Å². The van der Waals surface area contributed by atoms with Crippen LogP contribution in [0.3, 0.4) is 0 Å². The van der Waals surface area contributed by atoms with Gasteiger partial charge in [0.05, 0.1) is 27.3 Å². The number of quaternary nitrogens is 1. The Labute approximate surface area is 118 Å². The van der Waals surface area contributed by atoms with Crippen LogP contribution >= 0.6 is 0 Å². The van der Waals surface area contributed by atoms with E-state index < -0.39 is 0 Å². The summed E-state index contributed by atoms with van der Waals surface area (Å²) in [6, 6.07) is 6.36. The maximum absolute atomic E-state index is 8.81. The van der Waals surface area contributed by atoms with Crippen LogP contribution in [-0.2, 0) is 6.42 Å². The Morgan fingerprint density at radius 2 is 1.89 bits per heavy atom. The number of methoxy groups -OCH3 is 1. The Kier molecular flexibility index (Phi) is 10.2. The minimum atomic E-state index is 0.271. The molecular formula is C16H30NO2+. The lowest BCUT2D eigenvalue weighted by Crippen LogP contribution is -3.09. The van der Waals surface area contributed by atoms with Crippen molar-refractivity contribution < 1.29 is 14.7 Å². The predicted octanol–water partition coefficient (Wildman–Crippen LogP) is 1.47. The summed E-state index contributed by atoms with van der Waals surface area (Å²) in [7, 11) is 3.82. The molecule has 1 rings (SSSR count). The number of aliphatic hydroxyl groups excluding tert-OH is 1. The maximum atomic E-state index is 8.81. The average Bonchev–Trinajstić information content (AvgIpc) is 2.41. The molecular weight excluding hydrogens is 238 g/mol. The smallest absolute Gasteiger partial charge is 0.121 e. The minimum absolute atomic E-state index is 0.271. The van der Waals surface area contributed by atoms with Crippen LogP contribution in [0.2, 0.25) is 0 Å². The molecule has 0 heterocycles. The van der Waals surface area contributed by atoms with Gasteiger partial charge in [-0.15, -0.1) is 0 Å². The zero-order valence-electron chi connectivity index (χ0n) is 13.1. The molecule has 0 saturated heterocycles. The van der Waals surface area contributed by atoms with Gasteiger partial charge in [-0.3, -0.25) is 0 Å². The van der Waals surface area contributed by atoms with Gasteiger partial charge in [0.1, 0.15) is 12.3 Å². The number of aryl methyl sites for hydroxylation is 2. The summed E-state index contributed by atoms with van der Waals surface area (Å²) in [6.45, 7) is 8.28. The Balaban J connectivity index is 0.00000154. The van der Waals surface area contributed by atoms with Gasteiger partial charge in [0.25, 0.3) is 0 Å². The summed E-state index contributed by atoms with van der Waals surface area (Å²) in [4.78, 5) is 1.39. The molecule has 0 aliphatic heterocycles. The van der Waals surface area contributed by atoms with Crippen molar-refractivity contribution in [1.29, 1.82) is 0 Å². The monoisotopic (exact) mass is 268 g/mol. The van der Waals surface area contributed by atoms with Crippen LogP contribution in [0.1, 0.15) is 31.4 Å². The van der Waals surface area contributed by atoms with Crippen LogP contribution in [0.5, 0.6) is 5.75 Å². The molecule has 1 aromatic rings. The van der Waals surface area contributed by atoms with Crippen molar-refractivity contribution >= 4 is 0 Å². The third-order valence-electron chi connectivity index (χ3n) is 3.07. The zero-order chi connectivity index (χ0) is 14.7. The van der Waals surface area contributed by atoms with E-state index in [0.29, 0.717) is 0 Å². The molecule has 0 bridgehead atoms. The van der Waals surface area contributed by atoms with Gasteiger partial charge in [-0.05, 0) is 30.5 Å². The highest BCUT2D eigenvalue weighted by molar-refractivity contribution is 5.36. The highest BCUT2D eigenvalue weighted by atomic mass is 16.5. The van der Waals surface area contributed by atoms with Gasteiger partial charge in [0.15, 0.2) is 0 Å². The van der Waals surface area contributed by atoms with Crippen molar-refractivity contribution in [1.82, 2.24) is 0 Å². The molecule has 1 atom stereocenters. The summed E-state index contributed by atoms with van der Waals surface area (Å²) in [5.41, 5.74) is 2.56. The van der Waals surface area contributed by atoms with Crippen molar-refractivity contribution in [2.24, 2.45) is 0 Å². The van der Waals surface area contributed by atoms with E-state index in [1.54, 1.807) is 7.11 Å². The van der Waals surface area contributed by atoms with E-state index in [1.165, 1.54) is 16.0 Å². The van der Waals surface area contributed by atoms with E-state index in [0.717, 1.165) is 31.7 Å². The van der Waals surface area contributed by atoms with Gasteiger partial charge in [-0.1, -0.05) is 26.0 Å². The van der Waals surface area contributed by atoms with Gasteiger partial charge in [-0.25, -0.2) is 0 Å². The first-order valence-electron chi connectivity index (χ1n) is 7.23. The maximum Gasteiger partial charge on any atom is 0.121 e. The fourth-order valence-electron chi connectivity index (χ4n) is 2.01. The average molecular weight is 268 g/mol. The summed E-state index contributed by atoms with van der Waals surface area (Å²) in [6.07, 6.45) is 2.24. The molecule has 3 heteroatoms. The fraction of sp³-hybridized carbons (Fsp3) is 0.625. The van der Waals surface area contributed by atoms with Gasteiger partial charge in [0.2, 0.25) is 0 Å². The zero-order valence-corrected chi connectivity index (χ0v) is 13.1. The van der Waals surface area contributed by atoms with Crippen LogP contribution in [0.4, 0.5) is 0 Å². The molecule has 3 nitrogen and oxygen atoms in total. The van der Waals surface area contributed by atoms with Gasteiger partial charge >= 0.3 is 0 Å². The van der Waals surface area contributed by atoms with E-state index in [9.17, 15) is 0 Å². The summed E-state index contributed by atoms with van der Waals surface area (Å²) in [5.74, 6) is 0.955. The van der Waals surface area contributed by atoms with Crippen molar-refractivity contribution in [3.63, 3.8) is 0 Å². The van der Waals surface area contributed by atoms with Crippen molar-refractivity contribution in [3.05, 3.63) is 29.3 Å². The number of ether oxygens (including phenoxy) is 1.